The number of aliphatic hydroxyl groups excluding tert-OH is 2. The number of hydrogen-bond acceptors (Lipinski definition) is 7. The summed E-state index contributed by atoms with van der Waals surface area (Å²) < 4.78 is 5.41. The highest BCUT2D eigenvalue weighted by atomic mass is 16.6. The third kappa shape index (κ3) is 11.2. The number of nitrogens with one attached hydrogen (secondary N) is 1. The molecule has 9 heteroatoms. The molecule has 9 nitrogen and oxygen atoms in total. The van der Waals surface area contributed by atoms with Gasteiger partial charge in [0, 0.05) is 18.6 Å². The minimum atomic E-state index is -1.36. The van der Waals surface area contributed by atoms with Gasteiger partial charge in [0.25, 0.3) is 0 Å². The number of nitrogens with zero attached hydrogens (tertiary/aromatic N) is 2. The third-order valence-corrected chi connectivity index (χ3v) is 6.45. The smallest absolute Gasteiger partial charge is 0.407 e. The van der Waals surface area contributed by atoms with Gasteiger partial charge in [-0.25, -0.2) is 4.79 Å². The second-order valence-electron chi connectivity index (χ2n) is 12.4. The number of aliphatic hydroxyl groups is 2. The molecule has 0 aliphatic rings. The van der Waals surface area contributed by atoms with Crippen molar-refractivity contribution < 1.29 is 29.6 Å². The number of likely N-dealkylation sites (N-methyl/N-ethyl adjacent to an activating group) is 1. The Morgan fingerprint density at radius 2 is 1.32 bits per heavy atom. The van der Waals surface area contributed by atoms with E-state index in [0.717, 1.165) is 11.1 Å². The second kappa shape index (κ2) is 14.5. The summed E-state index contributed by atoms with van der Waals surface area (Å²) in [6.07, 6.45) is -3.41. The predicted molar refractivity (Wildman–Crippen MR) is 154 cm³/mol. The molecule has 2 aromatic rings. The zero-order valence-electron chi connectivity index (χ0n) is 24.8. The highest BCUT2D eigenvalue weighted by molar-refractivity contribution is 5.68. The van der Waals surface area contributed by atoms with Gasteiger partial charge in [-0.2, -0.15) is 0 Å². The van der Waals surface area contributed by atoms with Crippen molar-refractivity contribution in [2.24, 2.45) is 0 Å². The van der Waals surface area contributed by atoms with E-state index in [4.69, 9.17) is 4.74 Å². The molecule has 0 saturated heterocycles. The highest BCUT2D eigenvalue weighted by Gasteiger charge is 2.35. The Bertz CT molecular complexity index is 1050. The quantitative estimate of drug-likeness (QED) is 0.367. The highest BCUT2D eigenvalue weighted by Crippen LogP contribution is 2.23. The molecule has 40 heavy (non-hydrogen) atoms. The van der Waals surface area contributed by atoms with Crippen LogP contribution in [0.1, 0.15) is 52.7 Å². The van der Waals surface area contributed by atoms with E-state index >= 15 is 0 Å². The number of rotatable bonds is 12. The van der Waals surface area contributed by atoms with E-state index < -0.39 is 47.6 Å². The lowest BCUT2D eigenvalue weighted by molar-refractivity contribution is -0.275. The van der Waals surface area contributed by atoms with Crippen LogP contribution >= 0.6 is 0 Å². The van der Waals surface area contributed by atoms with E-state index in [1.807, 2.05) is 60.7 Å². The molecule has 3 N–H and O–H groups in total. The largest absolute Gasteiger partial charge is 0.530 e. The number of benzene rings is 2. The Balaban J connectivity index is 2.19. The van der Waals surface area contributed by atoms with Gasteiger partial charge in [-0.1, -0.05) is 60.7 Å². The van der Waals surface area contributed by atoms with Gasteiger partial charge in [-0.05, 0) is 72.6 Å². The summed E-state index contributed by atoms with van der Waals surface area (Å²) in [5.74, 6) is 0. The van der Waals surface area contributed by atoms with E-state index in [0.29, 0.717) is 12.8 Å². The number of carbonyl (C=O) groups is 2. The Hall–Kier alpha value is -3.14. The summed E-state index contributed by atoms with van der Waals surface area (Å²) in [7, 11) is 1.74. The van der Waals surface area contributed by atoms with Crippen LogP contribution in [0.2, 0.25) is 0 Å². The summed E-state index contributed by atoms with van der Waals surface area (Å²) in [4.78, 5) is 27.7. The number of hydrogen-bond donors (Lipinski definition) is 3. The standard InChI is InChI=1S/C31H47N3O6/c1-30(2,3)34(29(38)39)25(19-23-16-12-9-13-17-23)27(36)21-33(7)20-26(35)24(18-22-14-10-8-11-15-22)32-28(37)40-31(4,5)6/h8-17,24-27,35-36H,18-21H2,1-7H3,(H,32,37)(H,38,39)/p-1/t24-,25-,26-,27?/m0/s1. The number of carbonyl (C=O) groups excluding carboxylic acids is 2. The van der Waals surface area contributed by atoms with Crippen molar-refractivity contribution in [2.75, 3.05) is 20.1 Å². The molecule has 222 valence electrons. The van der Waals surface area contributed by atoms with Gasteiger partial charge in [0.1, 0.15) is 11.7 Å². The number of ether oxygens (including phenoxy) is 1. The number of amides is 2. The molecule has 0 saturated carbocycles. The Morgan fingerprint density at radius 3 is 1.77 bits per heavy atom. The maximum absolute atomic E-state index is 12.6. The molecule has 1 unspecified atom stereocenters. The predicted octanol–water partition coefficient (Wildman–Crippen LogP) is 2.83. The average Bonchev–Trinajstić information content (AvgIpc) is 2.82. The van der Waals surface area contributed by atoms with Crippen LogP contribution < -0.4 is 10.4 Å². The summed E-state index contributed by atoms with van der Waals surface area (Å²) in [5.41, 5.74) is 0.311. The van der Waals surface area contributed by atoms with Crippen LogP contribution in [0.5, 0.6) is 0 Å². The van der Waals surface area contributed by atoms with Gasteiger partial charge in [0.05, 0.1) is 24.3 Å². The molecule has 0 fully saturated rings. The molecule has 0 heterocycles. The SMILES string of the molecule is CN(CC(O)[C@H](Cc1ccccc1)N(C(=O)[O-])C(C)(C)C)C[C@H](O)[C@H](Cc1ccccc1)NC(=O)OC(C)(C)C. The molecule has 2 rings (SSSR count). The van der Waals surface area contributed by atoms with Crippen molar-refractivity contribution in [2.45, 2.75) is 89.8 Å². The molecule has 0 radical (unpaired) electrons. The van der Waals surface area contributed by atoms with Crippen LogP contribution in [0.15, 0.2) is 60.7 Å². The van der Waals surface area contributed by atoms with Gasteiger partial charge in [0.15, 0.2) is 0 Å². The Morgan fingerprint density at radius 1 is 0.850 bits per heavy atom. The lowest BCUT2D eigenvalue weighted by Gasteiger charge is -2.46. The van der Waals surface area contributed by atoms with Gasteiger partial charge >= 0.3 is 6.09 Å². The van der Waals surface area contributed by atoms with Gasteiger partial charge in [0.2, 0.25) is 0 Å². The third-order valence-electron chi connectivity index (χ3n) is 6.45. The van der Waals surface area contributed by atoms with Gasteiger partial charge < -0.3 is 40.0 Å². The van der Waals surface area contributed by atoms with Crippen LogP contribution in [0.25, 0.3) is 0 Å². The Labute approximate surface area is 238 Å². The van der Waals surface area contributed by atoms with Crippen LogP contribution in [0, 0.1) is 0 Å². The van der Waals surface area contributed by atoms with Crippen molar-refractivity contribution in [3.63, 3.8) is 0 Å². The van der Waals surface area contributed by atoms with E-state index in [2.05, 4.69) is 5.32 Å². The normalized spacial score (nSPS) is 15.2. The maximum Gasteiger partial charge on any atom is 0.407 e. The van der Waals surface area contributed by atoms with Gasteiger partial charge in [-0.15, -0.1) is 0 Å². The zero-order valence-corrected chi connectivity index (χ0v) is 24.8. The number of alkyl carbamates (subject to hydrolysis) is 1. The second-order valence-corrected chi connectivity index (χ2v) is 12.4. The summed E-state index contributed by atoms with van der Waals surface area (Å²) in [6, 6.07) is 17.4. The van der Waals surface area contributed by atoms with E-state index in [9.17, 15) is 24.9 Å². The first-order chi connectivity index (χ1) is 18.6. The van der Waals surface area contributed by atoms with Crippen LogP contribution in [-0.2, 0) is 17.6 Å². The number of carboxylic acid groups (broad SMARTS) is 1. The van der Waals surface area contributed by atoms with Crippen molar-refractivity contribution in [3.8, 4) is 0 Å². The molecular weight excluding hydrogens is 510 g/mol. The average molecular weight is 557 g/mol. The summed E-state index contributed by atoms with van der Waals surface area (Å²) in [5, 5.41) is 37.5. The van der Waals surface area contributed by atoms with Crippen LogP contribution in [0.4, 0.5) is 9.59 Å². The molecule has 4 atom stereocenters. The summed E-state index contributed by atoms with van der Waals surface area (Å²) in [6.45, 7) is 10.8. The fraction of sp³-hybridized carbons (Fsp3) is 0.548. The van der Waals surface area contributed by atoms with Crippen molar-refractivity contribution in [3.05, 3.63) is 71.8 Å². The van der Waals surface area contributed by atoms with Crippen molar-refractivity contribution in [1.82, 2.24) is 15.1 Å². The molecule has 0 aromatic heterocycles. The Kier molecular flexibility index (Phi) is 12.0. The fourth-order valence-corrected chi connectivity index (χ4v) is 4.73. The summed E-state index contributed by atoms with van der Waals surface area (Å²) >= 11 is 0. The molecular formula is C31H46N3O6-. The first kappa shape index (κ1) is 33.1. The van der Waals surface area contributed by atoms with Crippen LogP contribution in [0.3, 0.4) is 0 Å². The lowest BCUT2D eigenvalue weighted by atomic mass is 9.94. The minimum Gasteiger partial charge on any atom is -0.530 e. The van der Waals surface area contributed by atoms with E-state index in [-0.39, 0.29) is 13.1 Å². The first-order valence-corrected chi connectivity index (χ1v) is 13.7. The monoisotopic (exact) mass is 556 g/mol. The minimum absolute atomic E-state index is 0.0823. The lowest BCUT2D eigenvalue weighted by Crippen LogP contribution is -2.62. The molecule has 0 aliphatic carbocycles. The first-order valence-electron chi connectivity index (χ1n) is 13.7. The van der Waals surface area contributed by atoms with E-state index in [1.165, 1.54) is 4.90 Å². The fourth-order valence-electron chi connectivity index (χ4n) is 4.73. The van der Waals surface area contributed by atoms with E-state index in [1.54, 1.807) is 53.5 Å². The topological polar surface area (TPSA) is 125 Å². The van der Waals surface area contributed by atoms with Crippen molar-refractivity contribution >= 4 is 12.2 Å². The van der Waals surface area contributed by atoms with Gasteiger partial charge in [-0.3, -0.25) is 0 Å². The maximum atomic E-state index is 12.6. The molecule has 2 aromatic carbocycles. The zero-order chi connectivity index (χ0) is 30.1. The van der Waals surface area contributed by atoms with Crippen molar-refractivity contribution in [1.29, 1.82) is 0 Å². The van der Waals surface area contributed by atoms with Crippen LogP contribution in [-0.4, -0.2) is 87.8 Å². The molecule has 2 amide bonds. The molecule has 0 bridgehead atoms. The molecule has 0 aliphatic heterocycles. The molecule has 0 spiro atoms.